The molecule has 1 aromatic carbocycles. The molecule has 1 saturated heterocycles. The van der Waals surface area contributed by atoms with E-state index < -0.39 is 0 Å². The fraction of sp³-hybridized carbons (Fsp3) is 0.588. The van der Waals surface area contributed by atoms with Gasteiger partial charge in [0.25, 0.3) is 0 Å². The second-order valence-corrected chi connectivity index (χ2v) is 6.23. The first-order chi connectivity index (χ1) is 10.2. The van der Waals surface area contributed by atoms with Crippen molar-refractivity contribution in [2.45, 2.75) is 33.2 Å². The molecule has 2 rings (SSSR count). The van der Waals surface area contributed by atoms with Gasteiger partial charge in [0.05, 0.1) is 19.0 Å². The van der Waals surface area contributed by atoms with Crippen molar-refractivity contribution in [1.29, 1.82) is 0 Å². The van der Waals surface area contributed by atoms with Gasteiger partial charge in [0.2, 0.25) is 5.91 Å². The number of hydrogen-bond donors (Lipinski definition) is 1. The number of carbonyl (C=O) groups excluding carboxylic acids is 1. The monoisotopic (exact) mass is 309 g/mol. The fourth-order valence-electron chi connectivity index (χ4n) is 3.23. The molecule has 1 N–H and O–H groups in total. The van der Waals surface area contributed by atoms with Crippen LogP contribution in [0.1, 0.15) is 32.3 Å². The predicted molar refractivity (Wildman–Crippen MR) is 86.5 cm³/mol. The second kappa shape index (κ2) is 7.81. The van der Waals surface area contributed by atoms with Crippen molar-refractivity contribution in [3.8, 4) is 0 Å². The zero-order chi connectivity index (χ0) is 15.2. The van der Waals surface area contributed by atoms with E-state index in [1.807, 2.05) is 23.1 Å². The van der Waals surface area contributed by atoms with Crippen LogP contribution in [-0.2, 0) is 11.3 Å². The zero-order valence-electron chi connectivity index (χ0n) is 13.1. The molecule has 1 fully saturated rings. The van der Waals surface area contributed by atoms with E-state index in [1.165, 1.54) is 10.5 Å². The third-order valence-corrected chi connectivity index (χ3v) is 4.81. The first-order valence-corrected chi connectivity index (χ1v) is 8.39. The lowest BCUT2D eigenvalue weighted by Gasteiger charge is -2.32. The van der Waals surface area contributed by atoms with Crippen molar-refractivity contribution in [2.75, 3.05) is 26.2 Å². The number of nitrogens with zero attached hydrogens (tertiary/aromatic N) is 1. The van der Waals surface area contributed by atoms with Gasteiger partial charge in [-0.05, 0) is 32.8 Å². The summed E-state index contributed by atoms with van der Waals surface area (Å²) in [5, 5.41) is 0.835. The van der Waals surface area contributed by atoms with Gasteiger partial charge < -0.3 is 9.80 Å². The molecule has 0 bridgehead atoms. The molecule has 0 radical (unpaired) electrons. The molecule has 1 heterocycles. The lowest BCUT2D eigenvalue weighted by atomic mass is 9.96. The summed E-state index contributed by atoms with van der Waals surface area (Å²) >= 11 is 6.25. The van der Waals surface area contributed by atoms with Gasteiger partial charge in [-0.1, -0.05) is 29.8 Å². The Bertz CT molecular complexity index is 474. The quantitative estimate of drug-likeness (QED) is 0.884. The molecule has 116 valence electrons. The SMILES string of the molecule is CCN(CC)C(=O)[C@H]1CCC[NH+](Cc2ccccc2Cl)C1. The van der Waals surface area contributed by atoms with Gasteiger partial charge in [0.15, 0.2) is 0 Å². The average Bonchev–Trinajstić information content (AvgIpc) is 2.51. The molecule has 1 aromatic rings. The Labute approximate surface area is 132 Å². The lowest BCUT2D eigenvalue weighted by molar-refractivity contribution is -0.921. The number of quaternary nitrogens is 1. The summed E-state index contributed by atoms with van der Waals surface area (Å²) in [5.41, 5.74) is 1.19. The Hall–Kier alpha value is -1.06. The number of hydrogen-bond acceptors (Lipinski definition) is 1. The third-order valence-electron chi connectivity index (χ3n) is 4.44. The van der Waals surface area contributed by atoms with Crippen LogP contribution in [0.2, 0.25) is 5.02 Å². The molecule has 21 heavy (non-hydrogen) atoms. The number of piperidine rings is 1. The van der Waals surface area contributed by atoms with Gasteiger partial charge >= 0.3 is 0 Å². The standard InChI is InChI=1S/C17H25ClN2O/c1-3-20(4-2)17(21)15-9-7-11-19(13-15)12-14-8-5-6-10-16(14)18/h5-6,8,10,15H,3-4,7,9,11-13H2,1-2H3/p+1/t15-/m0/s1. The maximum atomic E-state index is 12.5. The molecule has 0 aromatic heterocycles. The number of rotatable bonds is 5. The Morgan fingerprint density at radius 2 is 2.05 bits per heavy atom. The summed E-state index contributed by atoms with van der Waals surface area (Å²) in [4.78, 5) is 15.9. The van der Waals surface area contributed by atoms with E-state index in [2.05, 4.69) is 19.9 Å². The maximum absolute atomic E-state index is 12.5. The van der Waals surface area contributed by atoms with E-state index in [0.717, 1.165) is 50.6 Å². The number of carbonyl (C=O) groups is 1. The van der Waals surface area contributed by atoms with Crippen molar-refractivity contribution < 1.29 is 9.69 Å². The molecular weight excluding hydrogens is 284 g/mol. The van der Waals surface area contributed by atoms with Crippen LogP contribution in [0.15, 0.2) is 24.3 Å². The van der Waals surface area contributed by atoms with E-state index in [-0.39, 0.29) is 5.92 Å². The number of likely N-dealkylation sites (tertiary alicyclic amines) is 1. The van der Waals surface area contributed by atoms with Crippen molar-refractivity contribution in [3.05, 3.63) is 34.9 Å². The molecule has 0 saturated carbocycles. The molecule has 0 spiro atoms. The summed E-state index contributed by atoms with van der Waals surface area (Å²) in [6, 6.07) is 8.02. The Kier molecular flexibility index (Phi) is 6.07. The average molecular weight is 310 g/mol. The molecule has 1 aliphatic rings. The summed E-state index contributed by atoms with van der Waals surface area (Å²) in [7, 11) is 0. The second-order valence-electron chi connectivity index (χ2n) is 5.82. The molecule has 0 aliphatic carbocycles. The van der Waals surface area contributed by atoms with Crippen LogP contribution in [0.5, 0.6) is 0 Å². The molecular formula is C17H26ClN2O+. The molecule has 3 nitrogen and oxygen atoms in total. The van der Waals surface area contributed by atoms with Crippen molar-refractivity contribution in [1.82, 2.24) is 4.90 Å². The Balaban J connectivity index is 1.98. The van der Waals surface area contributed by atoms with Crippen molar-refractivity contribution in [3.63, 3.8) is 0 Å². The highest BCUT2D eigenvalue weighted by molar-refractivity contribution is 6.31. The number of nitrogens with one attached hydrogen (secondary N) is 1. The van der Waals surface area contributed by atoms with E-state index in [1.54, 1.807) is 0 Å². The van der Waals surface area contributed by atoms with E-state index in [9.17, 15) is 4.79 Å². The molecule has 1 amide bonds. The smallest absolute Gasteiger partial charge is 0.231 e. The number of benzene rings is 1. The highest BCUT2D eigenvalue weighted by Gasteiger charge is 2.31. The van der Waals surface area contributed by atoms with E-state index in [4.69, 9.17) is 11.6 Å². The van der Waals surface area contributed by atoms with Crippen LogP contribution < -0.4 is 4.90 Å². The molecule has 1 aliphatic heterocycles. The number of halogens is 1. The van der Waals surface area contributed by atoms with E-state index in [0.29, 0.717) is 5.91 Å². The summed E-state index contributed by atoms with van der Waals surface area (Å²) < 4.78 is 0. The maximum Gasteiger partial charge on any atom is 0.231 e. The highest BCUT2D eigenvalue weighted by atomic mass is 35.5. The van der Waals surface area contributed by atoms with Crippen LogP contribution >= 0.6 is 11.6 Å². The fourth-order valence-corrected chi connectivity index (χ4v) is 3.43. The summed E-state index contributed by atoms with van der Waals surface area (Å²) in [6.45, 7) is 8.71. The first kappa shape index (κ1) is 16.3. The minimum atomic E-state index is 0.177. The molecule has 2 atom stereocenters. The van der Waals surface area contributed by atoms with Gasteiger partial charge in [-0.25, -0.2) is 0 Å². The van der Waals surface area contributed by atoms with Gasteiger partial charge in [0, 0.05) is 23.7 Å². The molecule has 4 heteroatoms. The minimum Gasteiger partial charge on any atom is -0.343 e. The Morgan fingerprint density at radius 3 is 2.71 bits per heavy atom. The summed E-state index contributed by atoms with van der Waals surface area (Å²) in [5.74, 6) is 0.507. The number of amides is 1. The van der Waals surface area contributed by atoms with Crippen LogP contribution in [0.4, 0.5) is 0 Å². The van der Waals surface area contributed by atoms with Crippen LogP contribution in [0.25, 0.3) is 0 Å². The Morgan fingerprint density at radius 1 is 1.33 bits per heavy atom. The van der Waals surface area contributed by atoms with Gasteiger partial charge in [0.1, 0.15) is 6.54 Å². The topological polar surface area (TPSA) is 24.8 Å². The lowest BCUT2D eigenvalue weighted by Crippen LogP contribution is -3.12. The highest BCUT2D eigenvalue weighted by Crippen LogP contribution is 2.15. The molecule has 1 unspecified atom stereocenters. The summed E-state index contributed by atoms with van der Waals surface area (Å²) in [6.07, 6.45) is 2.15. The largest absolute Gasteiger partial charge is 0.343 e. The van der Waals surface area contributed by atoms with Gasteiger partial charge in [-0.2, -0.15) is 0 Å². The van der Waals surface area contributed by atoms with Crippen LogP contribution in [0, 0.1) is 5.92 Å². The van der Waals surface area contributed by atoms with Gasteiger partial charge in [-0.3, -0.25) is 4.79 Å². The van der Waals surface area contributed by atoms with Crippen molar-refractivity contribution >= 4 is 17.5 Å². The van der Waals surface area contributed by atoms with E-state index >= 15 is 0 Å². The third kappa shape index (κ3) is 4.21. The van der Waals surface area contributed by atoms with Gasteiger partial charge in [-0.15, -0.1) is 0 Å². The zero-order valence-corrected chi connectivity index (χ0v) is 13.8. The van der Waals surface area contributed by atoms with Crippen LogP contribution in [0.3, 0.4) is 0 Å². The predicted octanol–water partition coefficient (Wildman–Crippen LogP) is 2.00. The van der Waals surface area contributed by atoms with Crippen LogP contribution in [-0.4, -0.2) is 37.0 Å². The van der Waals surface area contributed by atoms with Crippen molar-refractivity contribution in [2.24, 2.45) is 5.92 Å². The first-order valence-electron chi connectivity index (χ1n) is 8.01. The minimum absolute atomic E-state index is 0.177. The normalized spacial score (nSPS) is 22.0.